The molecule has 0 amide bonds. The summed E-state index contributed by atoms with van der Waals surface area (Å²) in [6, 6.07) is 22.4. The van der Waals surface area contributed by atoms with Crippen molar-refractivity contribution in [2.45, 2.75) is 25.0 Å². The van der Waals surface area contributed by atoms with E-state index in [9.17, 15) is 10.2 Å². The average molecular weight is 528 g/mol. The van der Waals surface area contributed by atoms with Crippen LogP contribution in [-0.4, -0.2) is 20.2 Å². The van der Waals surface area contributed by atoms with Crippen molar-refractivity contribution >= 4 is 42.8 Å². The molecule has 0 saturated heterocycles. The number of fused-ring (bicyclic) bond motifs is 1. The molecule has 3 aromatic carbocycles. The summed E-state index contributed by atoms with van der Waals surface area (Å²) in [5, 5.41) is 23.7. The lowest BCUT2D eigenvalue weighted by Crippen LogP contribution is -2.30. The summed E-state index contributed by atoms with van der Waals surface area (Å²) in [5.41, 5.74) is -0.350. The van der Waals surface area contributed by atoms with Crippen LogP contribution >= 0.6 is 31.9 Å². The van der Waals surface area contributed by atoms with Crippen LogP contribution in [0.3, 0.4) is 0 Å². The van der Waals surface area contributed by atoms with Crippen molar-refractivity contribution in [3.8, 4) is 0 Å². The number of aliphatic hydroxyl groups is 2. The number of nitrogens with zero attached hydrogens (tertiary/aromatic N) is 2. The topological polar surface area (TPSA) is 66.2 Å². The number of benzene rings is 3. The summed E-state index contributed by atoms with van der Waals surface area (Å²) < 4.78 is 1.84. The molecule has 0 saturated carbocycles. The van der Waals surface area contributed by atoms with Gasteiger partial charge in [-0.25, -0.2) is 9.97 Å². The fourth-order valence-electron chi connectivity index (χ4n) is 3.48. The van der Waals surface area contributed by atoms with E-state index in [4.69, 9.17) is 4.98 Å². The maximum atomic E-state index is 11.5. The van der Waals surface area contributed by atoms with Crippen molar-refractivity contribution in [3.63, 3.8) is 0 Å². The van der Waals surface area contributed by atoms with E-state index in [0.29, 0.717) is 22.3 Å². The molecular weight excluding hydrogens is 508 g/mol. The van der Waals surface area contributed by atoms with Gasteiger partial charge in [0.15, 0.2) is 5.82 Å². The molecule has 0 aliphatic heterocycles. The summed E-state index contributed by atoms with van der Waals surface area (Å²) in [5.74, 6) is 0.232. The van der Waals surface area contributed by atoms with Crippen LogP contribution in [0.5, 0.6) is 0 Å². The Hall–Kier alpha value is -2.12. The minimum Gasteiger partial charge on any atom is -0.379 e. The van der Waals surface area contributed by atoms with Gasteiger partial charge < -0.3 is 10.2 Å². The number of hydrogen-bond donors (Lipinski definition) is 2. The first-order valence-electron chi connectivity index (χ1n) is 9.44. The third kappa shape index (κ3) is 3.81. The Kier molecular flexibility index (Phi) is 5.53. The van der Waals surface area contributed by atoms with E-state index in [2.05, 4.69) is 36.8 Å². The molecule has 2 unspecified atom stereocenters. The first-order valence-corrected chi connectivity index (χ1v) is 11.0. The molecule has 4 aromatic rings. The van der Waals surface area contributed by atoms with Gasteiger partial charge in [0.25, 0.3) is 0 Å². The number of rotatable bonds is 4. The molecule has 0 radical (unpaired) electrons. The Balaban J connectivity index is 1.94. The van der Waals surface area contributed by atoms with Crippen molar-refractivity contribution in [1.82, 2.24) is 9.97 Å². The van der Waals surface area contributed by atoms with Gasteiger partial charge in [0.2, 0.25) is 0 Å². The van der Waals surface area contributed by atoms with E-state index in [1.165, 1.54) is 0 Å². The first-order chi connectivity index (χ1) is 14.2. The van der Waals surface area contributed by atoms with Crippen LogP contribution in [0.2, 0.25) is 0 Å². The van der Waals surface area contributed by atoms with Gasteiger partial charge in [-0.1, -0.05) is 74.3 Å². The van der Waals surface area contributed by atoms with Gasteiger partial charge in [-0.2, -0.15) is 0 Å². The Morgan fingerprint density at radius 1 is 0.667 bits per heavy atom. The van der Waals surface area contributed by atoms with Crippen molar-refractivity contribution < 1.29 is 10.2 Å². The highest BCUT2D eigenvalue weighted by Crippen LogP contribution is 2.36. The second-order valence-electron chi connectivity index (χ2n) is 7.57. The highest BCUT2D eigenvalue weighted by Gasteiger charge is 2.35. The Morgan fingerprint density at radius 2 is 1.17 bits per heavy atom. The van der Waals surface area contributed by atoms with E-state index < -0.39 is 11.2 Å². The third-order valence-electron chi connectivity index (χ3n) is 5.31. The minimum absolute atomic E-state index is 0.232. The van der Waals surface area contributed by atoms with E-state index >= 15 is 0 Å². The summed E-state index contributed by atoms with van der Waals surface area (Å²) in [4.78, 5) is 9.34. The van der Waals surface area contributed by atoms with Gasteiger partial charge >= 0.3 is 0 Å². The molecule has 0 spiro atoms. The zero-order chi connectivity index (χ0) is 21.5. The van der Waals surface area contributed by atoms with Crippen molar-refractivity contribution in [2.24, 2.45) is 0 Å². The van der Waals surface area contributed by atoms with Gasteiger partial charge in [0.1, 0.15) is 11.2 Å². The van der Waals surface area contributed by atoms with E-state index in [0.717, 1.165) is 14.3 Å². The quantitative estimate of drug-likeness (QED) is 0.359. The van der Waals surface area contributed by atoms with Crippen LogP contribution in [0.4, 0.5) is 0 Å². The number of para-hydroxylation sites is 1. The lowest BCUT2D eigenvalue weighted by Gasteiger charge is -2.28. The standard InChI is InChI=1S/C24H20Br2N2O2/c1-23(29,15-7-11-17(25)12-8-15)21-19-5-3-4-6-20(19)27-22(28-21)24(2,30)16-9-13-18(26)14-10-16/h3-14,29-30H,1-2H3. The fourth-order valence-corrected chi connectivity index (χ4v) is 4.01. The van der Waals surface area contributed by atoms with Gasteiger partial charge in [-0.05, 0) is 55.3 Å². The monoisotopic (exact) mass is 526 g/mol. The van der Waals surface area contributed by atoms with Gasteiger partial charge in [0, 0.05) is 14.3 Å². The molecule has 0 aliphatic carbocycles. The lowest BCUT2D eigenvalue weighted by molar-refractivity contribution is 0.0835. The lowest BCUT2D eigenvalue weighted by atomic mass is 9.89. The highest BCUT2D eigenvalue weighted by atomic mass is 79.9. The van der Waals surface area contributed by atoms with Gasteiger partial charge in [0.05, 0.1) is 11.2 Å². The average Bonchev–Trinajstić information content (AvgIpc) is 2.73. The van der Waals surface area contributed by atoms with Crippen molar-refractivity contribution in [2.75, 3.05) is 0 Å². The number of hydrogen-bond acceptors (Lipinski definition) is 4. The van der Waals surface area contributed by atoms with Crippen molar-refractivity contribution in [1.29, 1.82) is 0 Å². The summed E-state index contributed by atoms with van der Waals surface area (Å²) >= 11 is 6.85. The molecule has 0 bridgehead atoms. The zero-order valence-electron chi connectivity index (χ0n) is 16.5. The van der Waals surface area contributed by atoms with Crippen LogP contribution in [0.15, 0.2) is 81.7 Å². The van der Waals surface area contributed by atoms with Gasteiger partial charge in [-0.15, -0.1) is 0 Å². The molecule has 0 aliphatic rings. The Morgan fingerprint density at radius 3 is 1.73 bits per heavy atom. The highest BCUT2D eigenvalue weighted by molar-refractivity contribution is 9.10. The fraction of sp³-hybridized carbons (Fsp3) is 0.167. The first kappa shape index (κ1) is 21.1. The summed E-state index contributed by atoms with van der Waals surface area (Å²) in [7, 11) is 0. The van der Waals surface area contributed by atoms with Crippen LogP contribution in [0, 0.1) is 0 Å². The molecule has 0 fully saturated rings. The number of aromatic nitrogens is 2. The molecule has 1 aromatic heterocycles. The van der Waals surface area contributed by atoms with Crippen LogP contribution in [-0.2, 0) is 11.2 Å². The second-order valence-corrected chi connectivity index (χ2v) is 9.40. The smallest absolute Gasteiger partial charge is 0.165 e. The maximum Gasteiger partial charge on any atom is 0.165 e. The zero-order valence-corrected chi connectivity index (χ0v) is 19.6. The van der Waals surface area contributed by atoms with Crippen LogP contribution in [0.1, 0.15) is 36.5 Å². The molecule has 6 heteroatoms. The summed E-state index contributed by atoms with van der Waals surface area (Å²) in [6.07, 6.45) is 0. The molecule has 2 atom stereocenters. The Bertz CT molecular complexity index is 1200. The van der Waals surface area contributed by atoms with Gasteiger partial charge in [-0.3, -0.25) is 0 Å². The predicted molar refractivity (Wildman–Crippen MR) is 125 cm³/mol. The number of halogens is 2. The molecule has 152 valence electrons. The third-order valence-corrected chi connectivity index (χ3v) is 6.37. The SMILES string of the molecule is CC(O)(c1ccc(Br)cc1)c1nc(C(C)(O)c2ccc(Br)cc2)c2ccccc2n1. The normalized spacial score (nSPS) is 15.5. The van der Waals surface area contributed by atoms with Crippen LogP contribution < -0.4 is 0 Å². The predicted octanol–water partition coefficient (Wildman–Crippen LogP) is 5.67. The molecule has 2 N–H and O–H groups in total. The molecule has 1 heterocycles. The van der Waals surface area contributed by atoms with E-state index in [1.807, 2.05) is 72.8 Å². The summed E-state index contributed by atoms with van der Waals surface area (Å²) in [6.45, 7) is 3.38. The Labute approximate surface area is 191 Å². The minimum atomic E-state index is -1.44. The van der Waals surface area contributed by atoms with E-state index in [1.54, 1.807) is 13.8 Å². The maximum absolute atomic E-state index is 11.5. The second kappa shape index (κ2) is 7.85. The van der Waals surface area contributed by atoms with Crippen molar-refractivity contribution in [3.05, 3.63) is 104 Å². The van der Waals surface area contributed by atoms with Crippen LogP contribution in [0.25, 0.3) is 10.9 Å². The molecule has 4 nitrogen and oxygen atoms in total. The van der Waals surface area contributed by atoms with E-state index in [-0.39, 0.29) is 5.82 Å². The largest absolute Gasteiger partial charge is 0.379 e. The molecular formula is C24H20Br2N2O2. The molecule has 4 rings (SSSR count). The molecule has 30 heavy (non-hydrogen) atoms.